The molecule has 1 N–H and O–H groups in total. The lowest BCUT2D eigenvalue weighted by Crippen LogP contribution is -2.29. The Morgan fingerprint density at radius 2 is 2.08 bits per heavy atom. The third-order valence-corrected chi connectivity index (χ3v) is 5.87. The molecular formula is C20H22N4OS. The summed E-state index contributed by atoms with van der Waals surface area (Å²) in [4.78, 5) is 22.9. The van der Waals surface area contributed by atoms with Crippen LogP contribution in [0.25, 0.3) is 10.2 Å². The van der Waals surface area contributed by atoms with Crippen LogP contribution in [0.4, 0.5) is 5.82 Å². The molecule has 0 saturated heterocycles. The molecule has 0 aliphatic carbocycles. The van der Waals surface area contributed by atoms with Crippen molar-refractivity contribution in [1.29, 1.82) is 0 Å². The molecule has 1 aromatic carbocycles. The van der Waals surface area contributed by atoms with Gasteiger partial charge in [0.25, 0.3) is 0 Å². The van der Waals surface area contributed by atoms with Crippen LogP contribution in [0, 0.1) is 0 Å². The lowest BCUT2D eigenvalue weighted by molar-refractivity contribution is -0.114. The van der Waals surface area contributed by atoms with E-state index in [0.717, 1.165) is 37.1 Å². The summed E-state index contributed by atoms with van der Waals surface area (Å²) in [5.41, 5.74) is 6.67. The van der Waals surface area contributed by atoms with E-state index < -0.39 is 0 Å². The topological polar surface area (TPSA) is 58.1 Å². The molecule has 1 amide bonds. The molecule has 0 fully saturated rings. The molecule has 0 radical (unpaired) electrons. The van der Waals surface area contributed by atoms with Crippen molar-refractivity contribution in [3.05, 3.63) is 52.7 Å². The van der Waals surface area contributed by atoms with Gasteiger partial charge in [-0.25, -0.2) is 9.97 Å². The van der Waals surface area contributed by atoms with E-state index in [1.54, 1.807) is 11.3 Å². The molecule has 0 bridgehead atoms. The van der Waals surface area contributed by atoms with Gasteiger partial charge in [0.1, 0.15) is 5.82 Å². The van der Waals surface area contributed by atoms with Gasteiger partial charge in [-0.3, -0.25) is 9.69 Å². The molecule has 3 aromatic rings. The fourth-order valence-electron chi connectivity index (χ4n) is 3.58. The first-order valence-electron chi connectivity index (χ1n) is 8.94. The number of anilines is 1. The first-order chi connectivity index (χ1) is 12.6. The molecule has 3 heterocycles. The quantitative estimate of drug-likeness (QED) is 0.766. The van der Waals surface area contributed by atoms with Crippen molar-refractivity contribution in [2.75, 3.05) is 18.4 Å². The van der Waals surface area contributed by atoms with Crippen LogP contribution >= 0.6 is 11.3 Å². The van der Waals surface area contributed by atoms with Crippen LogP contribution in [0.15, 0.2) is 35.8 Å². The summed E-state index contributed by atoms with van der Waals surface area (Å²) < 4.78 is 1.24. The first kappa shape index (κ1) is 17.1. The van der Waals surface area contributed by atoms with Crippen LogP contribution in [-0.2, 0) is 17.6 Å². The number of hydrogen-bond donors (Lipinski definition) is 1. The number of carbonyl (C=O) groups excluding carboxylic acids is 1. The Kier molecular flexibility index (Phi) is 4.70. The highest BCUT2D eigenvalue weighted by molar-refractivity contribution is 7.16. The largest absolute Gasteiger partial charge is 0.311 e. The zero-order chi connectivity index (χ0) is 18.1. The second-order valence-electron chi connectivity index (χ2n) is 6.77. The third kappa shape index (κ3) is 3.48. The van der Waals surface area contributed by atoms with Crippen LogP contribution in [-0.4, -0.2) is 33.9 Å². The third-order valence-electron chi connectivity index (χ3n) is 5.06. The zero-order valence-corrected chi connectivity index (χ0v) is 15.8. The van der Waals surface area contributed by atoms with Gasteiger partial charge in [0.15, 0.2) is 0 Å². The summed E-state index contributed by atoms with van der Waals surface area (Å²) in [6.07, 6.45) is 1.87. The van der Waals surface area contributed by atoms with Gasteiger partial charge < -0.3 is 5.32 Å². The number of pyridine rings is 1. The molecule has 2 aromatic heterocycles. The smallest absolute Gasteiger partial charge is 0.222 e. The van der Waals surface area contributed by atoms with Crippen LogP contribution in [0.2, 0.25) is 0 Å². The van der Waals surface area contributed by atoms with Crippen molar-refractivity contribution in [3.8, 4) is 0 Å². The van der Waals surface area contributed by atoms with Gasteiger partial charge in [-0.1, -0.05) is 12.1 Å². The van der Waals surface area contributed by atoms with Gasteiger partial charge in [-0.2, -0.15) is 0 Å². The second-order valence-corrected chi connectivity index (χ2v) is 7.66. The number of aromatic nitrogens is 2. The van der Waals surface area contributed by atoms with Gasteiger partial charge in [-0.15, -0.1) is 11.3 Å². The normalized spacial score (nSPS) is 16.1. The van der Waals surface area contributed by atoms with E-state index in [-0.39, 0.29) is 5.91 Å². The minimum absolute atomic E-state index is 0.0845. The molecule has 1 aliphatic rings. The van der Waals surface area contributed by atoms with Crippen molar-refractivity contribution in [2.24, 2.45) is 0 Å². The maximum Gasteiger partial charge on any atom is 0.222 e. The lowest BCUT2D eigenvalue weighted by Gasteiger charge is -2.27. The minimum atomic E-state index is -0.0845. The summed E-state index contributed by atoms with van der Waals surface area (Å²) in [5, 5.41) is 2.78. The molecule has 0 unspecified atom stereocenters. The molecule has 134 valence electrons. The van der Waals surface area contributed by atoms with E-state index in [4.69, 9.17) is 0 Å². The van der Waals surface area contributed by atoms with E-state index in [2.05, 4.69) is 51.4 Å². The van der Waals surface area contributed by atoms with Gasteiger partial charge in [0, 0.05) is 38.2 Å². The maximum absolute atomic E-state index is 11.3. The number of benzene rings is 1. The summed E-state index contributed by atoms with van der Waals surface area (Å²) in [6, 6.07) is 10.9. The number of rotatable bonds is 3. The van der Waals surface area contributed by atoms with Crippen molar-refractivity contribution in [3.63, 3.8) is 0 Å². The molecule has 1 atom stereocenters. The second kappa shape index (κ2) is 7.13. The van der Waals surface area contributed by atoms with E-state index in [1.807, 2.05) is 11.6 Å². The predicted molar refractivity (Wildman–Crippen MR) is 106 cm³/mol. The molecule has 0 spiro atoms. The Hall–Kier alpha value is -2.31. The number of nitrogens with one attached hydrogen (secondary N) is 1. The Morgan fingerprint density at radius 3 is 2.92 bits per heavy atom. The van der Waals surface area contributed by atoms with Crippen LogP contribution in [0.3, 0.4) is 0 Å². The van der Waals surface area contributed by atoms with Crippen molar-refractivity contribution < 1.29 is 4.79 Å². The number of carbonyl (C=O) groups is 1. The highest BCUT2D eigenvalue weighted by Gasteiger charge is 2.21. The average molecular weight is 366 g/mol. The number of amides is 1. The van der Waals surface area contributed by atoms with Gasteiger partial charge >= 0.3 is 0 Å². The number of fused-ring (bicyclic) bond motifs is 2. The fourth-order valence-corrected chi connectivity index (χ4v) is 4.24. The number of hydrogen-bond acceptors (Lipinski definition) is 5. The molecule has 5 nitrogen and oxygen atoms in total. The Bertz CT molecular complexity index is 952. The monoisotopic (exact) mass is 366 g/mol. The standard InChI is InChI=1S/C20H22N4OS/c1-13(16-3-5-19-18(11-16)21-12-26-19)24-9-7-15-4-6-20(22-14(2)25)23-17(15)8-10-24/h3-6,11-13H,7-10H2,1-2H3,(H,22,23,25)/t13-/m0/s1. The zero-order valence-electron chi connectivity index (χ0n) is 15.0. The van der Waals surface area contributed by atoms with Gasteiger partial charge in [0.2, 0.25) is 5.91 Å². The summed E-state index contributed by atoms with van der Waals surface area (Å²) >= 11 is 1.68. The predicted octanol–water partition coefficient (Wildman–Crippen LogP) is 3.81. The first-order valence-corrected chi connectivity index (χ1v) is 9.82. The number of thiazole rings is 1. The highest BCUT2D eigenvalue weighted by atomic mass is 32.1. The molecule has 1 aliphatic heterocycles. The fraction of sp³-hybridized carbons (Fsp3) is 0.350. The summed E-state index contributed by atoms with van der Waals surface area (Å²) in [5.74, 6) is 0.561. The molecule has 26 heavy (non-hydrogen) atoms. The van der Waals surface area contributed by atoms with Gasteiger partial charge in [0.05, 0.1) is 15.7 Å². The number of nitrogens with zero attached hydrogens (tertiary/aromatic N) is 3. The van der Waals surface area contributed by atoms with Crippen LogP contribution < -0.4 is 5.32 Å². The van der Waals surface area contributed by atoms with Gasteiger partial charge in [-0.05, 0) is 42.7 Å². The molecule has 6 heteroatoms. The summed E-state index contributed by atoms with van der Waals surface area (Å²) in [6.45, 7) is 5.74. The van der Waals surface area contributed by atoms with Crippen LogP contribution in [0.1, 0.15) is 36.7 Å². The summed E-state index contributed by atoms with van der Waals surface area (Å²) in [7, 11) is 0. The van der Waals surface area contributed by atoms with Crippen molar-refractivity contribution >= 4 is 33.3 Å². The van der Waals surface area contributed by atoms with E-state index >= 15 is 0 Å². The molecule has 4 rings (SSSR count). The van der Waals surface area contributed by atoms with E-state index in [9.17, 15) is 4.79 Å². The minimum Gasteiger partial charge on any atom is -0.311 e. The lowest BCUT2D eigenvalue weighted by atomic mass is 10.1. The van der Waals surface area contributed by atoms with E-state index in [1.165, 1.54) is 22.8 Å². The van der Waals surface area contributed by atoms with E-state index in [0.29, 0.717) is 11.9 Å². The average Bonchev–Trinajstić information content (AvgIpc) is 2.99. The maximum atomic E-state index is 11.3. The SMILES string of the molecule is CC(=O)Nc1ccc2c(n1)CCN([C@@H](C)c1ccc3scnc3c1)CC2. The highest BCUT2D eigenvalue weighted by Crippen LogP contribution is 2.28. The Morgan fingerprint density at radius 1 is 1.23 bits per heavy atom. The van der Waals surface area contributed by atoms with Crippen molar-refractivity contribution in [2.45, 2.75) is 32.7 Å². The molecular weight excluding hydrogens is 344 g/mol. The molecule has 0 saturated carbocycles. The van der Waals surface area contributed by atoms with Crippen molar-refractivity contribution in [1.82, 2.24) is 14.9 Å². The Labute approximate surface area is 157 Å². The van der Waals surface area contributed by atoms with Crippen LogP contribution in [0.5, 0.6) is 0 Å². The Balaban J connectivity index is 1.51.